The summed E-state index contributed by atoms with van der Waals surface area (Å²) in [6.45, 7) is 4.52. The first kappa shape index (κ1) is 15.6. The van der Waals surface area contributed by atoms with Crippen LogP contribution in [0.15, 0.2) is 79.1 Å². The van der Waals surface area contributed by atoms with Gasteiger partial charge in [-0.25, -0.2) is 4.98 Å². The maximum Gasteiger partial charge on any atom is 0.144 e. The maximum absolute atomic E-state index is 4.65. The lowest BCUT2D eigenvalue weighted by molar-refractivity contribution is 0.645. The van der Waals surface area contributed by atoms with E-state index in [0.29, 0.717) is 5.92 Å². The van der Waals surface area contributed by atoms with Gasteiger partial charge in [-0.2, -0.15) is 0 Å². The first-order valence-corrected chi connectivity index (χ1v) is 8.83. The minimum atomic E-state index is 0.619. The van der Waals surface area contributed by atoms with E-state index in [2.05, 4.69) is 96.3 Å². The van der Waals surface area contributed by atoms with Gasteiger partial charge in [-0.3, -0.25) is 4.57 Å². The molecule has 2 nitrogen and oxygen atoms in total. The van der Waals surface area contributed by atoms with E-state index in [0.717, 1.165) is 17.8 Å². The summed E-state index contributed by atoms with van der Waals surface area (Å²) in [5.74, 6) is 1.61. The van der Waals surface area contributed by atoms with Crippen molar-refractivity contribution in [3.63, 3.8) is 0 Å². The van der Waals surface area contributed by atoms with E-state index in [1.165, 1.54) is 22.0 Å². The molecule has 0 unspecified atom stereocenters. The Morgan fingerprint density at radius 1 is 0.880 bits per heavy atom. The molecule has 0 spiro atoms. The second kappa shape index (κ2) is 6.56. The van der Waals surface area contributed by atoms with Gasteiger partial charge in [0.2, 0.25) is 0 Å². The smallest absolute Gasteiger partial charge is 0.144 e. The summed E-state index contributed by atoms with van der Waals surface area (Å²) in [4.78, 5) is 4.65. The molecular formula is C23H22N2. The second-order valence-electron chi connectivity index (χ2n) is 6.91. The van der Waals surface area contributed by atoms with Gasteiger partial charge in [0.05, 0.1) is 5.69 Å². The van der Waals surface area contributed by atoms with Crippen LogP contribution in [-0.4, -0.2) is 9.55 Å². The Labute approximate surface area is 148 Å². The molecule has 0 aliphatic carbocycles. The minimum Gasteiger partial charge on any atom is -0.300 e. The Morgan fingerprint density at radius 3 is 2.48 bits per heavy atom. The summed E-state index contributed by atoms with van der Waals surface area (Å²) in [5, 5.41) is 2.49. The van der Waals surface area contributed by atoms with Crippen LogP contribution >= 0.6 is 0 Å². The number of hydrogen-bond acceptors (Lipinski definition) is 1. The summed E-state index contributed by atoms with van der Waals surface area (Å²) in [6.07, 6.45) is 5.01. The number of imidazole rings is 1. The Morgan fingerprint density at radius 2 is 1.64 bits per heavy atom. The van der Waals surface area contributed by atoms with Gasteiger partial charge in [-0.15, -0.1) is 0 Å². The molecule has 2 heteroatoms. The van der Waals surface area contributed by atoms with Crippen molar-refractivity contribution in [3.8, 4) is 17.1 Å². The molecule has 4 rings (SSSR count). The highest BCUT2D eigenvalue weighted by Crippen LogP contribution is 2.27. The van der Waals surface area contributed by atoms with Crippen molar-refractivity contribution in [3.05, 3.63) is 84.7 Å². The van der Waals surface area contributed by atoms with E-state index in [1.807, 2.05) is 6.20 Å². The molecule has 0 radical (unpaired) electrons. The van der Waals surface area contributed by atoms with Crippen LogP contribution in [0.5, 0.6) is 0 Å². The highest BCUT2D eigenvalue weighted by atomic mass is 15.1. The molecule has 0 saturated heterocycles. The lowest BCUT2D eigenvalue weighted by Crippen LogP contribution is -2.03. The van der Waals surface area contributed by atoms with Gasteiger partial charge < -0.3 is 0 Å². The molecule has 0 bridgehead atoms. The van der Waals surface area contributed by atoms with Crippen LogP contribution in [0, 0.1) is 5.92 Å². The minimum absolute atomic E-state index is 0.619. The van der Waals surface area contributed by atoms with E-state index in [9.17, 15) is 0 Å². The molecule has 1 aromatic heterocycles. The quantitative estimate of drug-likeness (QED) is 0.457. The number of rotatable bonds is 4. The first-order valence-electron chi connectivity index (χ1n) is 8.83. The summed E-state index contributed by atoms with van der Waals surface area (Å²) in [7, 11) is 0. The molecule has 3 aromatic carbocycles. The van der Waals surface area contributed by atoms with Gasteiger partial charge in [0.15, 0.2) is 0 Å². The van der Waals surface area contributed by atoms with Gasteiger partial charge in [0.25, 0.3) is 0 Å². The van der Waals surface area contributed by atoms with Crippen LogP contribution < -0.4 is 0 Å². The Balaban J connectivity index is 1.83. The average molecular weight is 326 g/mol. The number of nitrogens with zero attached hydrogens (tertiary/aromatic N) is 2. The van der Waals surface area contributed by atoms with Gasteiger partial charge in [-0.05, 0) is 40.8 Å². The standard InChI is InChI=1S/C23H22N2/c1-17(2)15-20-9-5-6-10-22(20)25-14-13-24-23(25)21-12-11-18-7-3-4-8-19(18)16-21/h3-14,16-17H,15H2,1-2H3. The van der Waals surface area contributed by atoms with Crippen LogP contribution in [0.1, 0.15) is 19.4 Å². The predicted molar refractivity (Wildman–Crippen MR) is 105 cm³/mol. The van der Waals surface area contributed by atoms with Crippen molar-refractivity contribution < 1.29 is 0 Å². The number of fused-ring (bicyclic) bond motifs is 1. The van der Waals surface area contributed by atoms with Crippen LogP contribution in [0.4, 0.5) is 0 Å². The average Bonchev–Trinajstić information content (AvgIpc) is 3.11. The van der Waals surface area contributed by atoms with Crippen LogP contribution in [0.3, 0.4) is 0 Å². The number of benzene rings is 3. The molecule has 0 fully saturated rings. The predicted octanol–water partition coefficient (Wildman–Crippen LogP) is 5.89. The van der Waals surface area contributed by atoms with Gasteiger partial charge in [-0.1, -0.05) is 68.4 Å². The first-order chi connectivity index (χ1) is 12.2. The molecule has 1 heterocycles. The molecule has 0 aliphatic rings. The number of hydrogen-bond donors (Lipinski definition) is 0. The monoisotopic (exact) mass is 326 g/mol. The van der Waals surface area contributed by atoms with Crippen molar-refractivity contribution in [2.75, 3.05) is 0 Å². The Kier molecular flexibility index (Phi) is 4.10. The van der Waals surface area contributed by atoms with Crippen molar-refractivity contribution in [1.29, 1.82) is 0 Å². The molecule has 25 heavy (non-hydrogen) atoms. The molecule has 0 atom stereocenters. The van der Waals surface area contributed by atoms with Crippen LogP contribution in [0.25, 0.3) is 27.8 Å². The summed E-state index contributed by atoms with van der Waals surface area (Å²) < 4.78 is 2.21. The van der Waals surface area contributed by atoms with Crippen molar-refractivity contribution in [1.82, 2.24) is 9.55 Å². The van der Waals surface area contributed by atoms with Crippen molar-refractivity contribution >= 4 is 10.8 Å². The third-order valence-electron chi connectivity index (χ3n) is 4.53. The molecule has 124 valence electrons. The fourth-order valence-corrected chi connectivity index (χ4v) is 3.40. The Bertz CT molecular complexity index is 1010. The molecule has 4 aromatic rings. The van der Waals surface area contributed by atoms with E-state index in [4.69, 9.17) is 0 Å². The molecule has 0 saturated carbocycles. The highest BCUT2D eigenvalue weighted by Gasteiger charge is 2.12. The lowest BCUT2D eigenvalue weighted by Gasteiger charge is -2.15. The van der Waals surface area contributed by atoms with Gasteiger partial charge >= 0.3 is 0 Å². The largest absolute Gasteiger partial charge is 0.300 e. The molecular weight excluding hydrogens is 304 g/mol. The van der Waals surface area contributed by atoms with Crippen LogP contribution in [-0.2, 0) is 6.42 Å². The molecule has 0 amide bonds. The maximum atomic E-state index is 4.65. The SMILES string of the molecule is CC(C)Cc1ccccc1-n1ccnc1-c1ccc2ccccc2c1. The van der Waals surface area contributed by atoms with Gasteiger partial charge in [0, 0.05) is 18.0 Å². The van der Waals surface area contributed by atoms with Crippen LogP contribution in [0.2, 0.25) is 0 Å². The normalized spacial score (nSPS) is 11.3. The zero-order chi connectivity index (χ0) is 17.2. The van der Waals surface area contributed by atoms with Crippen molar-refractivity contribution in [2.45, 2.75) is 20.3 Å². The van der Waals surface area contributed by atoms with E-state index >= 15 is 0 Å². The van der Waals surface area contributed by atoms with E-state index < -0.39 is 0 Å². The fourth-order valence-electron chi connectivity index (χ4n) is 3.40. The zero-order valence-electron chi connectivity index (χ0n) is 14.7. The summed E-state index contributed by atoms with van der Waals surface area (Å²) >= 11 is 0. The number of para-hydroxylation sites is 1. The third-order valence-corrected chi connectivity index (χ3v) is 4.53. The zero-order valence-corrected chi connectivity index (χ0v) is 14.7. The summed E-state index contributed by atoms with van der Waals surface area (Å²) in [6, 6.07) is 23.6. The molecule has 0 aliphatic heterocycles. The third kappa shape index (κ3) is 3.08. The second-order valence-corrected chi connectivity index (χ2v) is 6.91. The molecule has 0 N–H and O–H groups in total. The van der Waals surface area contributed by atoms with E-state index in [-0.39, 0.29) is 0 Å². The fraction of sp³-hybridized carbons (Fsp3) is 0.174. The van der Waals surface area contributed by atoms with Gasteiger partial charge in [0.1, 0.15) is 5.82 Å². The topological polar surface area (TPSA) is 17.8 Å². The lowest BCUT2D eigenvalue weighted by atomic mass is 10.0. The van der Waals surface area contributed by atoms with Crippen molar-refractivity contribution in [2.24, 2.45) is 5.92 Å². The van der Waals surface area contributed by atoms with E-state index in [1.54, 1.807) is 0 Å². The Hall–Kier alpha value is -2.87. The summed E-state index contributed by atoms with van der Waals surface area (Å²) in [5.41, 5.74) is 3.72. The highest BCUT2D eigenvalue weighted by molar-refractivity contribution is 5.86. The number of aromatic nitrogens is 2.